The van der Waals surface area contributed by atoms with Gasteiger partial charge < -0.3 is 0 Å². The first-order valence-corrected chi connectivity index (χ1v) is 10.2. The molecule has 0 spiro atoms. The van der Waals surface area contributed by atoms with E-state index in [0.717, 1.165) is 0 Å². The van der Waals surface area contributed by atoms with Crippen LogP contribution in [0.2, 0.25) is 0 Å². The van der Waals surface area contributed by atoms with Gasteiger partial charge in [0.15, 0.2) is 0 Å². The minimum Gasteiger partial charge on any atom is -0.275 e. The summed E-state index contributed by atoms with van der Waals surface area (Å²) in [5, 5.41) is 5.75. The van der Waals surface area contributed by atoms with Crippen LogP contribution >= 0.6 is 0 Å². The van der Waals surface area contributed by atoms with Gasteiger partial charge in [0.1, 0.15) is 5.82 Å². The number of hydrazone groups is 1. The van der Waals surface area contributed by atoms with E-state index in [-0.39, 0.29) is 22.6 Å². The Balaban J connectivity index is 2.52. The third kappa shape index (κ3) is 5.47. The van der Waals surface area contributed by atoms with Gasteiger partial charge in [-0.1, -0.05) is 30.7 Å². The Morgan fingerprint density at radius 3 is 2.41 bits per heavy atom. The third-order valence-corrected chi connectivity index (χ3v) is 5.05. The third-order valence-electron chi connectivity index (χ3n) is 3.95. The normalized spacial score (nSPS) is 12.7. The first-order chi connectivity index (χ1) is 13.5. The number of nitrogens with zero attached hydrogens (tertiary/aromatic N) is 2. The van der Waals surface area contributed by atoms with Crippen molar-refractivity contribution >= 4 is 27.1 Å². The van der Waals surface area contributed by atoms with E-state index < -0.39 is 21.3 Å². The minimum atomic E-state index is -5.60. The molecule has 0 unspecified atom stereocenters. The van der Waals surface area contributed by atoms with Crippen LogP contribution in [0.1, 0.15) is 31.4 Å². The van der Waals surface area contributed by atoms with Crippen LogP contribution in [-0.2, 0) is 10.0 Å². The van der Waals surface area contributed by atoms with Gasteiger partial charge in [0.25, 0.3) is 0 Å². The lowest BCUT2D eigenvalue weighted by atomic mass is 10.1. The number of anilines is 2. The zero-order chi connectivity index (χ0) is 21.8. The van der Waals surface area contributed by atoms with Gasteiger partial charge in [0, 0.05) is 12.1 Å². The van der Waals surface area contributed by atoms with Crippen molar-refractivity contribution in [2.24, 2.45) is 5.10 Å². The second kappa shape index (κ2) is 8.81. The molecule has 0 heterocycles. The predicted octanol–water partition coefficient (Wildman–Crippen LogP) is 5.04. The molecule has 2 aromatic rings. The van der Waals surface area contributed by atoms with E-state index in [1.807, 2.05) is 6.92 Å². The van der Waals surface area contributed by atoms with Crippen molar-refractivity contribution in [3.05, 3.63) is 59.4 Å². The largest absolute Gasteiger partial charge is 0.516 e. The lowest BCUT2D eigenvalue weighted by molar-refractivity contribution is -0.0429. The maximum Gasteiger partial charge on any atom is 0.516 e. The van der Waals surface area contributed by atoms with Gasteiger partial charge in [0.05, 0.1) is 17.1 Å². The number of nitrogens with one attached hydrogen (secondary N) is 1. The smallest absolute Gasteiger partial charge is 0.275 e. The standard InChI is InChI=1S/C19H21F4N3O2S/c1-4-11-26(18-8-6-5-7-16(18)20)24-14(3)15-12-13(2)9-10-17(15)25-29(27,28)19(21,22)23/h5-10,12,25H,4,11H2,1-3H3/b24-14+. The fraction of sp³-hybridized carbons (Fsp3) is 0.316. The molecule has 0 aromatic heterocycles. The maximum atomic E-state index is 14.2. The summed E-state index contributed by atoms with van der Waals surface area (Å²) in [5.74, 6) is -0.500. The van der Waals surface area contributed by atoms with Crippen molar-refractivity contribution in [1.29, 1.82) is 0 Å². The highest BCUT2D eigenvalue weighted by atomic mass is 32.2. The van der Waals surface area contributed by atoms with Gasteiger partial charge in [0.2, 0.25) is 0 Å². The zero-order valence-corrected chi connectivity index (χ0v) is 16.9. The summed E-state index contributed by atoms with van der Waals surface area (Å²) < 4.78 is 77.2. The van der Waals surface area contributed by atoms with Crippen molar-refractivity contribution in [2.75, 3.05) is 16.3 Å². The molecule has 5 nitrogen and oxygen atoms in total. The molecular formula is C19H21F4N3O2S. The van der Waals surface area contributed by atoms with Gasteiger partial charge in [-0.2, -0.15) is 26.7 Å². The molecule has 0 aliphatic carbocycles. The first-order valence-electron chi connectivity index (χ1n) is 8.73. The zero-order valence-electron chi connectivity index (χ0n) is 16.1. The number of alkyl halides is 3. The molecule has 10 heteroatoms. The molecular weight excluding hydrogens is 410 g/mol. The van der Waals surface area contributed by atoms with Gasteiger partial charge in [-0.15, -0.1) is 0 Å². The molecule has 0 amide bonds. The Kier molecular flexibility index (Phi) is 6.89. The molecule has 0 aliphatic heterocycles. The lowest BCUT2D eigenvalue weighted by Crippen LogP contribution is -2.30. The van der Waals surface area contributed by atoms with Crippen LogP contribution in [0.3, 0.4) is 0 Å². The van der Waals surface area contributed by atoms with Crippen LogP contribution < -0.4 is 9.73 Å². The molecule has 0 saturated heterocycles. The fourth-order valence-corrected chi connectivity index (χ4v) is 3.16. The monoisotopic (exact) mass is 431 g/mol. The van der Waals surface area contributed by atoms with Crippen molar-refractivity contribution < 1.29 is 26.0 Å². The van der Waals surface area contributed by atoms with Crippen molar-refractivity contribution in [1.82, 2.24) is 0 Å². The number of para-hydroxylation sites is 1. The Morgan fingerprint density at radius 1 is 1.17 bits per heavy atom. The molecule has 0 fully saturated rings. The molecule has 29 heavy (non-hydrogen) atoms. The van der Waals surface area contributed by atoms with Crippen LogP contribution in [-0.4, -0.2) is 26.2 Å². The molecule has 0 saturated carbocycles. The Hall–Kier alpha value is -2.62. The summed E-state index contributed by atoms with van der Waals surface area (Å²) in [7, 11) is -5.60. The average molecular weight is 431 g/mol. The summed E-state index contributed by atoms with van der Waals surface area (Å²) in [6.45, 7) is 5.45. The summed E-state index contributed by atoms with van der Waals surface area (Å²) >= 11 is 0. The van der Waals surface area contributed by atoms with Crippen LogP contribution in [0.5, 0.6) is 0 Å². The Labute approximate surface area is 167 Å². The maximum absolute atomic E-state index is 14.2. The number of halogens is 4. The van der Waals surface area contributed by atoms with Crippen LogP contribution in [0.15, 0.2) is 47.6 Å². The molecule has 0 aliphatic rings. The van der Waals surface area contributed by atoms with Crippen LogP contribution in [0, 0.1) is 12.7 Å². The first kappa shape index (κ1) is 22.7. The molecule has 1 N–H and O–H groups in total. The number of hydrogen-bond donors (Lipinski definition) is 1. The van der Waals surface area contributed by atoms with E-state index in [0.29, 0.717) is 18.5 Å². The molecule has 0 atom stereocenters. The number of aryl methyl sites for hydroxylation is 1. The fourth-order valence-electron chi connectivity index (χ4n) is 2.58. The Bertz CT molecular complexity index is 1000. The minimum absolute atomic E-state index is 0.162. The number of rotatable bonds is 7. The van der Waals surface area contributed by atoms with E-state index in [4.69, 9.17) is 0 Å². The second-order valence-electron chi connectivity index (χ2n) is 6.36. The molecule has 2 aromatic carbocycles. The summed E-state index contributed by atoms with van der Waals surface area (Å²) in [6, 6.07) is 10.2. The molecule has 0 bridgehead atoms. The van der Waals surface area contributed by atoms with Gasteiger partial charge in [-0.25, -0.2) is 4.39 Å². The summed E-state index contributed by atoms with van der Waals surface area (Å²) in [4.78, 5) is 0. The second-order valence-corrected chi connectivity index (χ2v) is 8.03. The predicted molar refractivity (Wildman–Crippen MR) is 106 cm³/mol. The van der Waals surface area contributed by atoms with E-state index in [1.54, 1.807) is 17.7 Å². The number of hydrogen-bond acceptors (Lipinski definition) is 4. The van der Waals surface area contributed by atoms with Gasteiger partial charge in [-0.05, 0) is 44.5 Å². The highest BCUT2D eigenvalue weighted by Crippen LogP contribution is 2.28. The highest BCUT2D eigenvalue weighted by Gasteiger charge is 2.46. The quantitative estimate of drug-likeness (QED) is 0.380. The van der Waals surface area contributed by atoms with E-state index in [2.05, 4.69) is 5.10 Å². The highest BCUT2D eigenvalue weighted by molar-refractivity contribution is 7.93. The van der Waals surface area contributed by atoms with Crippen molar-refractivity contribution in [3.63, 3.8) is 0 Å². The van der Waals surface area contributed by atoms with Crippen LogP contribution in [0.25, 0.3) is 0 Å². The van der Waals surface area contributed by atoms with E-state index >= 15 is 0 Å². The molecule has 0 radical (unpaired) electrons. The van der Waals surface area contributed by atoms with Gasteiger partial charge >= 0.3 is 15.5 Å². The summed E-state index contributed by atoms with van der Waals surface area (Å²) in [5.41, 5.74) is -4.43. The van der Waals surface area contributed by atoms with E-state index in [1.165, 1.54) is 48.3 Å². The van der Waals surface area contributed by atoms with Crippen molar-refractivity contribution in [3.8, 4) is 0 Å². The van der Waals surface area contributed by atoms with Crippen molar-refractivity contribution in [2.45, 2.75) is 32.7 Å². The Morgan fingerprint density at radius 2 is 1.83 bits per heavy atom. The number of benzene rings is 2. The molecule has 158 valence electrons. The van der Waals surface area contributed by atoms with Gasteiger partial charge in [-0.3, -0.25) is 9.73 Å². The SMILES string of the molecule is CCCN(/N=C(\C)c1cc(C)ccc1NS(=O)(=O)C(F)(F)F)c1ccccc1F. The van der Waals surface area contributed by atoms with Crippen LogP contribution in [0.4, 0.5) is 28.9 Å². The number of sulfonamides is 1. The lowest BCUT2D eigenvalue weighted by Gasteiger charge is -2.21. The summed E-state index contributed by atoms with van der Waals surface area (Å²) in [6.07, 6.45) is 0.631. The average Bonchev–Trinajstić information content (AvgIpc) is 2.62. The topological polar surface area (TPSA) is 61.8 Å². The molecule has 2 rings (SSSR count). The van der Waals surface area contributed by atoms with E-state index in [9.17, 15) is 26.0 Å².